The number of alkyl halides is 3. The van der Waals surface area contributed by atoms with Crippen molar-refractivity contribution in [3.63, 3.8) is 0 Å². The molecular weight excluding hydrogens is 723 g/mol. The molecule has 2 fully saturated rings. The van der Waals surface area contributed by atoms with Gasteiger partial charge in [-0.25, -0.2) is 27.6 Å². The quantitative estimate of drug-likeness (QED) is 0.137. The number of aryl methyl sites for hydroxylation is 1. The molecule has 1 aliphatic carbocycles. The second-order valence-electron chi connectivity index (χ2n) is 15.3. The zero-order valence-corrected chi connectivity index (χ0v) is 31.5. The first-order valence-electron chi connectivity index (χ1n) is 17.3. The van der Waals surface area contributed by atoms with E-state index in [-0.39, 0.29) is 64.8 Å². The first-order chi connectivity index (χ1) is 24.2. The van der Waals surface area contributed by atoms with Crippen LogP contribution < -0.4 is 9.46 Å². The number of likely N-dealkylation sites (tertiary alicyclic amines) is 1. The molecule has 0 spiro atoms. The van der Waals surface area contributed by atoms with Crippen molar-refractivity contribution in [3.05, 3.63) is 64.9 Å². The topological polar surface area (TPSA) is 133 Å². The third-order valence-electron chi connectivity index (χ3n) is 9.53. The molecule has 1 unspecified atom stereocenters. The smallest absolute Gasteiger partial charge is 0.410 e. The molecule has 1 N–H and O–H groups in total. The van der Waals surface area contributed by atoms with Crippen molar-refractivity contribution in [1.29, 1.82) is 0 Å². The molecule has 5 rings (SSSR count). The van der Waals surface area contributed by atoms with E-state index in [2.05, 4.69) is 23.9 Å². The van der Waals surface area contributed by atoms with Gasteiger partial charge in [0, 0.05) is 24.3 Å². The fraction of sp³-hybridized carbons (Fsp3) is 0.556. The number of sulfonamides is 1. The molecule has 1 aromatic carbocycles. The zero-order valence-electron chi connectivity index (χ0n) is 29.9. The highest BCUT2D eigenvalue weighted by atomic mass is 35.5. The molecule has 0 radical (unpaired) electrons. The lowest BCUT2D eigenvalue weighted by molar-refractivity contribution is -0.190. The van der Waals surface area contributed by atoms with Crippen LogP contribution in [-0.2, 0) is 21.2 Å². The summed E-state index contributed by atoms with van der Waals surface area (Å²) in [6.07, 6.45) is 1.39. The van der Waals surface area contributed by atoms with Gasteiger partial charge in [0.1, 0.15) is 10.8 Å². The minimum atomic E-state index is -4.26. The predicted octanol–water partition coefficient (Wildman–Crippen LogP) is 7.90. The van der Waals surface area contributed by atoms with Crippen LogP contribution in [0.25, 0.3) is 5.82 Å². The lowest BCUT2D eigenvalue weighted by Gasteiger charge is -2.33. The number of hydrogen-bond acceptors (Lipinski definition) is 8. The van der Waals surface area contributed by atoms with E-state index in [1.807, 2.05) is 30.4 Å². The van der Waals surface area contributed by atoms with E-state index in [9.17, 15) is 31.2 Å². The zero-order chi connectivity index (χ0) is 38.1. The van der Waals surface area contributed by atoms with E-state index in [1.165, 1.54) is 41.2 Å². The third kappa shape index (κ3) is 9.57. The molecule has 1 saturated carbocycles. The van der Waals surface area contributed by atoms with Gasteiger partial charge < -0.3 is 14.4 Å². The number of unbranched alkanes of at least 4 members (excludes halogenated alkanes) is 1. The Morgan fingerprint density at radius 3 is 2.35 bits per heavy atom. The van der Waals surface area contributed by atoms with E-state index in [0.29, 0.717) is 12.5 Å². The van der Waals surface area contributed by atoms with E-state index in [4.69, 9.17) is 21.1 Å². The van der Waals surface area contributed by atoms with Crippen LogP contribution >= 0.6 is 11.6 Å². The number of carbonyl (C=O) groups is 2. The Bertz CT molecular complexity index is 1870. The Kier molecular flexibility index (Phi) is 11.3. The summed E-state index contributed by atoms with van der Waals surface area (Å²) in [7, 11) is -4.23. The molecular formula is C36H45ClF3N5O6S. The Labute approximate surface area is 307 Å². The summed E-state index contributed by atoms with van der Waals surface area (Å²) in [5, 5.41) is 3.87. The predicted molar refractivity (Wildman–Crippen MR) is 188 cm³/mol. The maximum atomic E-state index is 13.2. The average Bonchev–Trinajstić information content (AvgIpc) is 3.58. The molecule has 2 amide bonds. The monoisotopic (exact) mass is 767 g/mol. The number of amides is 2. The Balaban J connectivity index is 1.08. The number of rotatable bonds is 13. The van der Waals surface area contributed by atoms with Crippen molar-refractivity contribution in [2.75, 3.05) is 13.2 Å². The molecule has 2 aliphatic rings. The average molecular weight is 768 g/mol. The molecule has 16 heteroatoms. The van der Waals surface area contributed by atoms with Gasteiger partial charge in [0.05, 0.1) is 22.5 Å². The molecule has 11 nitrogen and oxygen atoms in total. The summed E-state index contributed by atoms with van der Waals surface area (Å²) in [6.45, 7) is 10.2. The van der Waals surface area contributed by atoms with Gasteiger partial charge in [-0.1, -0.05) is 30.2 Å². The minimum absolute atomic E-state index is 0.0888. The summed E-state index contributed by atoms with van der Waals surface area (Å²) in [6, 6.07) is 10.5. The number of carbonyl (C=O) groups excluding carboxylic acids is 2. The summed E-state index contributed by atoms with van der Waals surface area (Å²) in [5.74, 6) is -0.329. The number of nitrogens with one attached hydrogen (secondary N) is 1. The third-order valence-corrected chi connectivity index (χ3v) is 11.2. The SMILES string of the molecule is CC(C)(C)OC(=O)N1CC(CCCCc2ccc(S(=O)(=O)NC(=O)c3ccc(-n4ccc(OCCC5(C(F)(F)F)CC5)n4)nc3Cl)cc2)CC1(C)C. The lowest BCUT2D eigenvalue weighted by atomic mass is 9.92. The minimum Gasteiger partial charge on any atom is -0.477 e. The number of hydrogen-bond donors (Lipinski definition) is 1. The number of pyridine rings is 1. The van der Waals surface area contributed by atoms with Gasteiger partial charge in [-0.15, -0.1) is 5.10 Å². The van der Waals surface area contributed by atoms with Crippen LogP contribution in [0.15, 0.2) is 53.6 Å². The highest BCUT2D eigenvalue weighted by molar-refractivity contribution is 7.90. The van der Waals surface area contributed by atoms with Crippen LogP contribution in [0.5, 0.6) is 5.88 Å². The van der Waals surface area contributed by atoms with Gasteiger partial charge in [0.2, 0.25) is 5.88 Å². The summed E-state index contributed by atoms with van der Waals surface area (Å²) in [5.41, 5.74) is -1.73. The van der Waals surface area contributed by atoms with Gasteiger partial charge in [0.25, 0.3) is 15.9 Å². The highest BCUT2D eigenvalue weighted by Gasteiger charge is 2.62. The van der Waals surface area contributed by atoms with Crippen LogP contribution in [0, 0.1) is 11.3 Å². The van der Waals surface area contributed by atoms with Gasteiger partial charge in [0.15, 0.2) is 5.82 Å². The Morgan fingerprint density at radius 1 is 1.04 bits per heavy atom. The Morgan fingerprint density at radius 2 is 1.73 bits per heavy atom. The van der Waals surface area contributed by atoms with Gasteiger partial charge in [-0.3, -0.25) is 4.79 Å². The number of benzene rings is 1. The van der Waals surface area contributed by atoms with Crippen LogP contribution in [-0.4, -0.2) is 70.6 Å². The van der Waals surface area contributed by atoms with E-state index < -0.39 is 33.1 Å². The van der Waals surface area contributed by atoms with Gasteiger partial charge >= 0.3 is 12.3 Å². The fourth-order valence-electron chi connectivity index (χ4n) is 6.46. The van der Waals surface area contributed by atoms with Crippen LogP contribution in [0.2, 0.25) is 5.15 Å². The molecule has 2 aromatic heterocycles. The lowest BCUT2D eigenvalue weighted by Crippen LogP contribution is -2.45. The fourth-order valence-corrected chi connectivity index (χ4v) is 7.66. The maximum absolute atomic E-state index is 13.2. The summed E-state index contributed by atoms with van der Waals surface area (Å²) >= 11 is 6.25. The normalized spacial score (nSPS) is 18.2. The molecule has 1 aliphatic heterocycles. The second-order valence-corrected chi connectivity index (χ2v) is 17.3. The van der Waals surface area contributed by atoms with Crippen molar-refractivity contribution >= 4 is 33.6 Å². The summed E-state index contributed by atoms with van der Waals surface area (Å²) in [4.78, 5) is 31.5. The van der Waals surface area contributed by atoms with Crippen molar-refractivity contribution in [2.24, 2.45) is 11.3 Å². The van der Waals surface area contributed by atoms with Crippen LogP contribution in [0.3, 0.4) is 0 Å². The first-order valence-corrected chi connectivity index (χ1v) is 19.1. The molecule has 3 heterocycles. The number of aromatic nitrogens is 3. The largest absolute Gasteiger partial charge is 0.477 e. The van der Waals surface area contributed by atoms with Crippen molar-refractivity contribution < 1.29 is 40.7 Å². The molecule has 3 aromatic rings. The highest BCUT2D eigenvalue weighted by Crippen LogP contribution is 2.59. The van der Waals surface area contributed by atoms with Gasteiger partial charge in [-0.05, 0) is 115 Å². The Hall–Kier alpha value is -3.85. The van der Waals surface area contributed by atoms with Crippen LogP contribution in [0.4, 0.5) is 18.0 Å². The maximum Gasteiger partial charge on any atom is 0.410 e. The number of halogens is 4. The molecule has 284 valence electrons. The molecule has 52 heavy (non-hydrogen) atoms. The van der Waals surface area contributed by atoms with Crippen molar-refractivity contribution in [1.82, 2.24) is 24.4 Å². The van der Waals surface area contributed by atoms with E-state index in [0.717, 1.165) is 37.7 Å². The standard InChI is InChI=1S/C36H45ClF3N5O6S/c1-33(2,3)51-32(47)44-23-25(22-34(44,4)5)9-7-6-8-24-10-12-26(13-11-24)52(48,49)43-31(46)27-14-15-28(41-30(27)37)45-20-16-29(42-45)50-21-19-35(17-18-35)36(38,39)40/h10-16,20,25H,6-9,17-19,21-23H2,1-5H3,(H,43,46). The van der Waals surface area contributed by atoms with Crippen molar-refractivity contribution in [2.45, 2.75) is 108 Å². The van der Waals surface area contributed by atoms with E-state index >= 15 is 0 Å². The summed E-state index contributed by atoms with van der Waals surface area (Å²) < 4.78 is 79.8. The molecule has 1 saturated heterocycles. The first kappa shape index (κ1) is 39.4. The van der Waals surface area contributed by atoms with Gasteiger partial charge in [-0.2, -0.15) is 13.2 Å². The number of nitrogens with zero attached hydrogens (tertiary/aromatic N) is 4. The van der Waals surface area contributed by atoms with E-state index in [1.54, 1.807) is 12.1 Å². The second kappa shape index (κ2) is 14.9. The van der Waals surface area contributed by atoms with Crippen molar-refractivity contribution in [3.8, 4) is 11.7 Å². The molecule has 1 atom stereocenters. The number of ether oxygens (including phenoxy) is 2. The molecule has 0 bridgehead atoms. The van der Waals surface area contributed by atoms with Crippen LogP contribution in [0.1, 0.15) is 95.5 Å².